The first-order chi connectivity index (χ1) is 32.4. The molecule has 1 aliphatic rings. The van der Waals surface area contributed by atoms with Crippen LogP contribution in [0.5, 0.6) is 11.5 Å². The smallest absolute Gasteiger partial charge is 0.138 e. The van der Waals surface area contributed by atoms with Crippen LogP contribution < -0.4 is 14.5 Å². The first-order valence-corrected chi connectivity index (χ1v) is 24.1. The molecule has 0 saturated carbocycles. The van der Waals surface area contributed by atoms with Crippen molar-refractivity contribution in [2.24, 2.45) is 0 Å². The largest absolute Gasteiger partial charge is 0.457 e. The highest BCUT2D eigenvalue weighted by molar-refractivity contribution is 6.09. The molecule has 0 unspecified atom stereocenters. The van der Waals surface area contributed by atoms with Gasteiger partial charge in [-0.05, 0) is 122 Å². The lowest BCUT2D eigenvalue weighted by Crippen LogP contribution is -2.25. The minimum Gasteiger partial charge on any atom is -0.457 e. The summed E-state index contributed by atoms with van der Waals surface area (Å²) in [6, 6.07) is 61.5. The standard InChI is InChI=1S/C63H64N4O/c1-60(2,3)44-23-19-24-46(36-44)65-41-66(56-30-18-17-29-55(56)65)47-25-20-26-48(39-47)68-49-31-32-51-50-27-15-16-28-54(50)67(57(51)40-49)58-35-42(33-34-64-58)59-52(61(4,5)6)37-45(38-53(59)62(7,8)9)63(10,11)43-21-13-12-14-22-43/h12-40H,41H2,1-11H3. The zero-order chi connectivity index (χ0) is 47.8. The van der Waals surface area contributed by atoms with E-state index in [1.54, 1.807) is 0 Å². The zero-order valence-electron chi connectivity index (χ0n) is 41.6. The van der Waals surface area contributed by atoms with E-state index >= 15 is 0 Å². The molecule has 0 atom stereocenters. The molecule has 0 saturated heterocycles. The van der Waals surface area contributed by atoms with Gasteiger partial charge in [-0.2, -0.15) is 0 Å². The van der Waals surface area contributed by atoms with Gasteiger partial charge < -0.3 is 14.5 Å². The molecule has 2 aromatic heterocycles. The van der Waals surface area contributed by atoms with Crippen molar-refractivity contribution in [2.75, 3.05) is 16.5 Å². The second kappa shape index (κ2) is 16.6. The molecule has 7 aromatic carbocycles. The predicted octanol–water partition coefficient (Wildman–Crippen LogP) is 17.1. The van der Waals surface area contributed by atoms with Gasteiger partial charge in [0, 0.05) is 45.9 Å². The van der Waals surface area contributed by atoms with Crippen LogP contribution in [0.1, 0.15) is 104 Å². The number of para-hydroxylation sites is 3. The molecule has 1 aliphatic heterocycles. The van der Waals surface area contributed by atoms with Crippen molar-refractivity contribution in [3.05, 3.63) is 204 Å². The number of nitrogens with zero attached hydrogens (tertiary/aromatic N) is 4. The molecule has 0 bridgehead atoms. The fraction of sp³-hybridized carbons (Fsp3) is 0.254. The highest BCUT2D eigenvalue weighted by Gasteiger charge is 2.33. The highest BCUT2D eigenvalue weighted by atomic mass is 16.5. The van der Waals surface area contributed by atoms with Gasteiger partial charge >= 0.3 is 0 Å². The molecule has 68 heavy (non-hydrogen) atoms. The van der Waals surface area contributed by atoms with Gasteiger partial charge in [0.1, 0.15) is 24.0 Å². The number of pyridine rings is 1. The van der Waals surface area contributed by atoms with Crippen LogP contribution >= 0.6 is 0 Å². The summed E-state index contributed by atoms with van der Waals surface area (Å²) >= 11 is 0. The molecular weight excluding hydrogens is 829 g/mol. The van der Waals surface area contributed by atoms with E-state index in [-0.39, 0.29) is 21.7 Å². The van der Waals surface area contributed by atoms with E-state index in [0.717, 1.165) is 45.0 Å². The van der Waals surface area contributed by atoms with E-state index in [9.17, 15) is 0 Å². The summed E-state index contributed by atoms with van der Waals surface area (Å²) in [6.45, 7) is 26.3. The topological polar surface area (TPSA) is 33.5 Å². The van der Waals surface area contributed by atoms with Crippen molar-refractivity contribution in [2.45, 2.75) is 97.8 Å². The van der Waals surface area contributed by atoms with Gasteiger partial charge in [-0.25, -0.2) is 4.98 Å². The first kappa shape index (κ1) is 44.7. The summed E-state index contributed by atoms with van der Waals surface area (Å²) in [4.78, 5) is 9.91. The maximum atomic E-state index is 6.82. The van der Waals surface area contributed by atoms with E-state index in [4.69, 9.17) is 9.72 Å². The molecule has 0 aliphatic carbocycles. The summed E-state index contributed by atoms with van der Waals surface area (Å²) in [6.07, 6.45) is 1.98. The van der Waals surface area contributed by atoms with Gasteiger partial charge in [-0.15, -0.1) is 0 Å². The molecule has 3 heterocycles. The number of hydrogen-bond acceptors (Lipinski definition) is 4. The van der Waals surface area contributed by atoms with Crippen molar-refractivity contribution in [1.29, 1.82) is 0 Å². The molecule has 5 heteroatoms. The molecular formula is C63H64N4O. The summed E-state index contributed by atoms with van der Waals surface area (Å²) < 4.78 is 9.13. The Morgan fingerprint density at radius 2 is 1.01 bits per heavy atom. The number of benzene rings is 7. The van der Waals surface area contributed by atoms with Crippen LogP contribution in [0.15, 0.2) is 176 Å². The molecule has 0 radical (unpaired) electrons. The summed E-state index contributed by atoms with van der Waals surface area (Å²) in [7, 11) is 0. The molecule has 0 amide bonds. The Bertz CT molecular complexity index is 3300. The molecule has 0 spiro atoms. The van der Waals surface area contributed by atoms with E-state index in [1.165, 1.54) is 55.8 Å². The van der Waals surface area contributed by atoms with Gasteiger partial charge in [0.25, 0.3) is 0 Å². The van der Waals surface area contributed by atoms with Gasteiger partial charge in [0.05, 0.1) is 22.4 Å². The molecule has 0 N–H and O–H groups in total. The average Bonchev–Trinajstić information content (AvgIpc) is 3.87. The number of anilines is 4. The van der Waals surface area contributed by atoms with E-state index in [1.807, 2.05) is 12.3 Å². The van der Waals surface area contributed by atoms with E-state index in [2.05, 4.69) is 254 Å². The SMILES string of the molecule is CC(C)(C)c1cccc(N2CN(c3cccc(Oc4ccc5c6ccccc6n(-c6cc(-c7c(C(C)(C)C)cc(C(C)(C)c8ccccc8)cc7C(C)(C)C)ccn6)c5c4)c3)c3ccccc32)c1. The van der Waals surface area contributed by atoms with Crippen molar-refractivity contribution in [3.8, 4) is 28.4 Å². The van der Waals surface area contributed by atoms with Crippen molar-refractivity contribution in [3.63, 3.8) is 0 Å². The fourth-order valence-electron chi connectivity index (χ4n) is 10.1. The number of ether oxygens (including phenoxy) is 1. The van der Waals surface area contributed by atoms with E-state index < -0.39 is 0 Å². The van der Waals surface area contributed by atoms with Crippen molar-refractivity contribution in [1.82, 2.24) is 9.55 Å². The van der Waals surface area contributed by atoms with Gasteiger partial charge in [0.15, 0.2) is 0 Å². The molecule has 9 aromatic rings. The van der Waals surface area contributed by atoms with Crippen LogP contribution in [-0.2, 0) is 21.7 Å². The Morgan fingerprint density at radius 1 is 0.441 bits per heavy atom. The third kappa shape index (κ3) is 8.12. The van der Waals surface area contributed by atoms with Crippen LogP contribution in [-0.4, -0.2) is 16.2 Å². The quantitative estimate of drug-likeness (QED) is 0.152. The number of aromatic nitrogens is 2. The highest BCUT2D eigenvalue weighted by Crippen LogP contribution is 2.47. The third-order valence-corrected chi connectivity index (χ3v) is 14.0. The monoisotopic (exact) mass is 893 g/mol. The molecule has 5 nitrogen and oxygen atoms in total. The Labute approximate surface area is 403 Å². The number of hydrogen-bond donors (Lipinski definition) is 0. The number of fused-ring (bicyclic) bond motifs is 4. The molecule has 10 rings (SSSR count). The van der Waals surface area contributed by atoms with Gasteiger partial charge in [-0.3, -0.25) is 4.57 Å². The minimum atomic E-state index is -0.187. The lowest BCUT2D eigenvalue weighted by atomic mass is 9.69. The first-order valence-electron chi connectivity index (χ1n) is 24.1. The van der Waals surface area contributed by atoms with Gasteiger partial charge in [0.2, 0.25) is 0 Å². The average molecular weight is 893 g/mol. The number of rotatable bonds is 8. The Morgan fingerprint density at radius 3 is 1.68 bits per heavy atom. The Kier molecular flexibility index (Phi) is 10.9. The third-order valence-electron chi connectivity index (χ3n) is 14.0. The van der Waals surface area contributed by atoms with Crippen LogP contribution in [0.3, 0.4) is 0 Å². The summed E-state index contributed by atoms with van der Waals surface area (Å²) in [5.74, 6) is 2.41. The lowest BCUT2D eigenvalue weighted by molar-refractivity contribution is 0.483. The fourth-order valence-corrected chi connectivity index (χ4v) is 10.1. The van der Waals surface area contributed by atoms with Crippen LogP contribution in [0, 0.1) is 0 Å². The van der Waals surface area contributed by atoms with Crippen LogP contribution in [0.4, 0.5) is 22.7 Å². The minimum absolute atomic E-state index is 0.0542. The van der Waals surface area contributed by atoms with Crippen LogP contribution in [0.25, 0.3) is 38.8 Å². The Hall–Kier alpha value is -7.11. The zero-order valence-corrected chi connectivity index (χ0v) is 41.6. The van der Waals surface area contributed by atoms with Gasteiger partial charge in [-0.1, -0.05) is 167 Å². The molecule has 342 valence electrons. The predicted molar refractivity (Wildman–Crippen MR) is 287 cm³/mol. The van der Waals surface area contributed by atoms with Crippen molar-refractivity contribution < 1.29 is 4.74 Å². The summed E-state index contributed by atoms with van der Waals surface area (Å²) in [5.41, 5.74) is 15.4. The normalized spacial score (nSPS) is 13.4. The second-order valence-electron chi connectivity index (χ2n) is 22.3. The van der Waals surface area contributed by atoms with Crippen molar-refractivity contribution >= 4 is 44.6 Å². The lowest BCUT2D eigenvalue weighted by Gasteiger charge is -2.35. The maximum absolute atomic E-state index is 6.82. The van der Waals surface area contributed by atoms with E-state index in [0.29, 0.717) is 6.67 Å². The maximum Gasteiger partial charge on any atom is 0.138 e. The second-order valence-corrected chi connectivity index (χ2v) is 22.3. The van der Waals surface area contributed by atoms with Crippen LogP contribution in [0.2, 0.25) is 0 Å². The molecule has 0 fully saturated rings. The Balaban J connectivity index is 1.04. The summed E-state index contributed by atoms with van der Waals surface area (Å²) in [5, 5.41) is 2.32.